The molecule has 0 bridgehead atoms. The van der Waals surface area contributed by atoms with Crippen molar-refractivity contribution >= 4 is 28.4 Å². The number of rotatable bonds is 5. The summed E-state index contributed by atoms with van der Waals surface area (Å²) in [4.78, 5) is 17.3. The zero-order valence-corrected chi connectivity index (χ0v) is 19.7. The molecule has 1 N–H and O–H groups in total. The number of benzene rings is 1. The summed E-state index contributed by atoms with van der Waals surface area (Å²) in [7, 11) is 1.38. The number of alkyl halides is 4. The molecule has 1 fully saturated rings. The van der Waals surface area contributed by atoms with Gasteiger partial charge in [0.05, 0.1) is 25.2 Å². The van der Waals surface area contributed by atoms with Gasteiger partial charge in [0.15, 0.2) is 0 Å². The van der Waals surface area contributed by atoms with Gasteiger partial charge in [-0.3, -0.25) is 4.79 Å². The first-order chi connectivity index (χ1) is 18.8. The molecule has 0 radical (unpaired) electrons. The summed E-state index contributed by atoms with van der Waals surface area (Å²) in [6.07, 6.45) is -4.36. The summed E-state index contributed by atoms with van der Waals surface area (Å²) < 4.78 is 84.5. The van der Waals surface area contributed by atoms with Gasteiger partial charge in [0.25, 0.3) is 0 Å². The second-order valence-corrected chi connectivity index (χ2v) is 8.73. The van der Waals surface area contributed by atoms with Gasteiger partial charge in [0.2, 0.25) is 17.7 Å². The van der Waals surface area contributed by atoms with Crippen LogP contribution < -0.4 is 10.1 Å². The number of nitrogens with one attached hydrogen (secondary N) is 1. The maximum absolute atomic E-state index is 14.9. The highest BCUT2D eigenvalue weighted by Gasteiger charge is 2.39. The van der Waals surface area contributed by atoms with Crippen LogP contribution in [0.5, 0.6) is 5.88 Å². The van der Waals surface area contributed by atoms with E-state index in [0.717, 1.165) is 16.5 Å². The van der Waals surface area contributed by atoms with Crippen molar-refractivity contribution in [1.82, 2.24) is 34.5 Å². The van der Waals surface area contributed by atoms with Crippen molar-refractivity contribution < 1.29 is 31.2 Å². The van der Waals surface area contributed by atoms with Crippen molar-refractivity contribution in [2.45, 2.75) is 44.6 Å². The van der Waals surface area contributed by atoms with Gasteiger partial charge in [-0.25, -0.2) is 13.6 Å². The lowest BCUT2D eigenvalue weighted by atomic mass is 10.0. The molecule has 1 amide bonds. The van der Waals surface area contributed by atoms with Gasteiger partial charge >= 0.3 is 6.18 Å². The minimum Gasteiger partial charge on any atom is -0.479 e. The van der Waals surface area contributed by atoms with Crippen LogP contribution >= 0.6 is 0 Å². The SMILES string of the molecule is [2H]C([2H])([2H])C(=O)N1CC[C@H](Nc2nc(OC)c3c(-c4ccc5nnn([C@@H](C)C(F)(F)F)c5c4)ccn3n2)[C@H](F)C1. The summed E-state index contributed by atoms with van der Waals surface area (Å²) in [6, 6.07) is 3.81. The quantitative estimate of drug-likeness (QED) is 0.399. The lowest BCUT2D eigenvalue weighted by molar-refractivity contribution is -0.164. The Balaban J connectivity index is 1.43. The van der Waals surface area contributed by atoms with Crippen LogP contribution in [0.3, 0.4) is 0 Å². The number of methoxy groups -OCH3 is 1. The average molecular weight is 524 g/mol. The normalized spacial score (nSPS) is 20.9. The third-order valence-electron chi connectivity index (χ3n) is 6.44. The first kappa shape index (κ1) is 21.1. The molecule has 1 aromatic carbocycles. The van der Waals surface area contributed by atoms with E-state index in [0.29, 0.717) is 22.2 Å². The fourth-order valence-corrected chi connectivity index (χ4v) is 4.37. The molecule has 1 aliphatic rings. The van der Waals surface area contributed by atoms with Crippen LogP contribution in [0.2, 0.25) is 0 Å². The third-order valence-corrected chi connectivity index (χ3v) is 6.44. The van der Waals surface area contributed by atoms with Crippen LogP contribution in [-0.2, 0) is 4.79 Å². The predicted molar refractivity (Wildman–Crippen MR) is 126 cm³/mol. The molecular weight excluding hydrogens is 496 g/mol. The number of piperidine rings is 1. The predicted octanol–water partition coefficient (Wildman–Crippen LogP) is 3.64. The summed E-state index contributed by atoms with van der Waals surface area (Å²) in [6.45, 7) is -2.19. The van der Waals surface area contributed by atoms with E-state index in [2.05, 4.69) is 25.7 Å². The fraction of sp³-hybridized carbons (Fsp3) is 0.435. The highest BCUT2D eigenvalue weighted by Crippen LogP contribution is 2.35. The van der Waals surface area contributed by atoms with Crippen LogP contribution in [0.4, 0.5) is 23.5 Å². The number of likely N-dealkylation sites (tertiary alicyclic amines) is 1. The molecule has 1 saturated heterocycles. The zero-order valence-electron chi connectivity index (χ0n) is 22.7. The molecule has 3 atom stereocenters. The molecule has 4 aromatic rings. The Hall–Kier alpha value is -3.97. The minimum absolute atomic E-state index is 0.0338. The second-order valence-electron chi connectivity index (χ2n) is 8.73. The summed E-state index contributed by atoms with van der Waals surface area (Å²) in [5, 5.41) is 14.8. The number of hydrogen-bond donors (Lipinski definition) is 1. The van der Waals surface area contributed by atoms with E-state index in [4.69, 9.17) is 8.85 Å². The Morgan fingerprint density at radius 3 is 2.84 bits per heavy atom. The van der Waals surface area contributed by atoms with E-state index >= 15 is 0 Å². The summed E-state index contributed by atoms with van der Waals surface area (Å²) in [5.41, 5.74) is 2.02. The molecule has 5 rings (SSSR count). The van der Waals surface area contributed by atoms with Crippen LogP contribution in [0.25, 0.3) is 27.7 Å². The van der Waals surface area contributed by atoms with Gasteiger partial charge in [0, 0.05) is 29.3 Å². The number of hydrogen-bond acceptors (Lipinski definition) is 7. The monoisotopic (exact) mass is 523 g/mol. The smallest absolute Gasteiger partial charge is 0.410 e. The summed E-state index contributed by atoms with van der Waals surface area (Å²) >= 11 is 0. The minimum atomic E-state index is -4.51. The van der Waals surface area contributed by atoms with Gasteiger partial charge < -0.3 is 15.0 Å². The molecule has 0 spiro atoms. The molecule has 196 valence electrons. The Morgan fingerprint density at radius 2 is 2.14 bits per heavy atom. The van der Waals surface area contributed by atoms with E-state index in [1.807, 2.05) is 0 Å². The highest BCUT2D eigenvalue weighted by molar-refractivity contribution is 5.89. The number of nitrogens with zero attached hydrogens (tertiary/aromatic N) is 7. The van der Waals surface area contributed by atoms with Gasteiger partial charge in [-0.05, 0) is 37.1 Å². The van der Waals surface area contributed by atoms with Crippen molar-refractivity contribution in [2.24, 2.45) is 0 Å². The van der Waals surface area contributed by atoms with Gasteiger partial charge in [-0.2, -0.15) is 18.2 Å². The van der Waals surface area contributed by atoms with Gasteiger partial charge in [-0.1, -0.05) is 11.3 Å². The Morgan fingerprint density at radius 1 is 1.32 bits per heavy atom. The number of carbonyl (C=O) groups excluding carboxylic acids is 1. The fourth-order valence-electron chi connectivity index (χ4n) is 4.37. The van der Waals surface area contributed by atoms with Crippen LogP contribution in [0, 0.1) is 0 Å². The first-order valence-electron chi connectivity index (χ1n) is 12.8. The molecule has 0 aliphatic carbocycles. The number of amides is 1. The van der Waals surface area contributed by atoms with Crippen molar-refractivity contribution in [1.29, 1.82) is 0 Å². The maximum Gasteiger partial charge on any atom is 0.410 e. The molecular formula is C23H24F4N8O2. The molecule has 10 nitrogen and oxygen atoms in total. The van der Waals surface area contributed by atoms with Crippen molar-refractivity contribution in [3.63, 3.8) is 0 Å². The van der Waals surface area contributed by atoms with E-state index in [9.17, 15) is 22.4 Å². The van der Waals surface area contributed by atoms with Crippen molar-refractivity contribution in [3.8, 4) is 17.0 Å². The lowest BCUT2D eigenvalue weighted by Crippen LogP contribution is -2.49. The first-order valence-corrected chi connectivity index (χ1v) is 11.3. The zero-order chi connectivity index (χ0) is 29.0. The molecule has 37 heavy (non-hydrogen) atoms. The largest absolute Gasteiger partial charge is 0.479 e. The Labute approximate surface area is 212 Å². The second kappa shape index (κ2) is 9.16. The number of carbonyl (C=O) groups is 1. The molecule has 14 heteroatoms. The molecule has 4 heterocycles. The van der Waals surface area contributed by atoms with E-state index in [-0.39, 0.29) is 36.9 Å². The molecule has 1 aliphatic heterocycles. The van der Waals surface area contributed by atoms with Crippen LogP contribution in [0.15, 0.2) is 30.5 Å². The van der Waals surface area contributed by atoms with Crippen molar-refractivity contribution in [3.05, 3.63) is 30.5 Å². The molecule has 0 saturated carbocycles. The van der Waals surface area contributed by atoms with Gasteiger partial charge in [0.1, 0.15) is 23.2 Å². The number of anilines is 1. The third kappa shape index (κ3) is 4.51. The average Bonchev–Trinajstić information content (AvgIpc) is 3.51. The Kier molecular flexibility index (Phi) is 5.23. The highest BCUT2D eigenvalue weighted by atomic mass is 19.4. The van der Waals surface area contributed by atoms with Gasteiger partial charge in [-0.15, -0.1) is 10.2 Å². The van der Waals surface area contributed by atoms with E-state index in [1.165, 1.54) is 11.6 Å². The Bertz CT molecular complexity index is 1570. The van der Waals surface area contributed by atoms with Crippen molar-refractivity contribution in [2.75, 3.05) is 25.5 Å². The summed E-state index contributed by atoms with van der Waals surface area (Å²) in [5.74, 6) is -0.942. The number of halogens is 4. The lowest BCUT2D eigenvalue weighted by Gasteiger charge is -2.34. The topological polar surface area (TPSA) is 102 Å². The molecule has 0 unspecified atom stereocenters. The number of fused-ring (bicyclic) bond motifs is 2. The maximum atomic E-state index is 14.9. The molecule has 3 aromatic heterocycles. The van der Waals surface area contributed by atoms with E-state index < -0.39 is 37.2 Å². The van der Waals surface area contributed by atoms with E-state index in [1.54, 1.807) is 30.5 Å². The standard InChI is InChI=1S/C23H24F4N8O2/c1-12(23(25,26)27)35-19-10-14(4-5-18(19)30-32-35)15-6-9-34-20(15)21(37-3)29-22(31-34)28-17-7-8-33(13(2)36)11-16(17)24/h4-6,9-10,12,16-17H,7-8,11H2,1-3H3,(H,28,31)/t12-,16+,17-/m0/s1/i2D3. The number of ether oxygens (including phenoxy) is 1. The number of aromatic nitrogens is 6. The van der Waals surface area contributed by atoms with Crippen LogP contribution in [0.1, 0.15) is 30.4 Å². The van der Waals surface area contributed by atoms with Crippen LogP contribution in [-0.4, -0.2) is 79.0 Å².